The number of piperidine rings is 1. The van der Waals surface area contributed by atoms with E-state index in [4.69, 9.17) is 14.7 Å². The molecular formula is C35H37FN8O3. The lowest BCUT2D eigenvalue weighted by molar-refractivity contribution is -0.0610. The van der Waals surface area contributed by atoms with Crippen LogP contribution in [-0.4, -0.2) is 88.8 Å². The number of hydrogen-bond donors (Lipinski definition) is 2. The quantitative estimate of drug-likeness (QED) is 0.263. The average Bonchev–Trinajstić information content (AvgIpc) is 3.83. The zero-order valence-electron chi connectivity index (χ0n) is 26.1. The monoisotopic (exact) mass is 636 g/mol. The highest BCUT2D eigenvalue weighted by Crippen LogP contribution is 2.48. The fraction of sp³-hybridized carbons (Fsp3) is 0.457. The molecule has 2 atom stereocenters. The number of anilines is 1. The van der Waals surface area contributed by atoms with Crippen LogP contribution in [0, 0.1) is 17.7 Å². The summed E-state index contributed by atoms with van der Waals surface area (Å²) in [5.41, 5.74) is -0.221. The third-order valence-electron chi connectivity index (χ3n) is 11.4. The highest BCUT2D eigenvalue weighted by atomic mass is 19.1. The number of aromatic nitrogens is 6. The maximum atomic E-state index is 16.8. The van der Waals surface area contributed by atoms with Gasteiger partial charge < -0.3 is 19.8 Å². The van der Waals surface area contributed by atoms with Gasteiger partial charge in [0, 0.05) is 36.7 Å². The minimum absolute atomic E-state index is 0.0248. The Labute approximate surface area is 271 Å². The summed E-state index contributed by atoms with van der Waals surface area (Å²) in [5, 5.41) is 28.7. The molecule has 0 amide bonds. The Kier molecular flexibility index (Phi) is 6.62. The summed E-state index contributed by atoms with van der Waals surface area (Å²) in [6, 6.07) is 10.9. The van der Waals surface area contributed by atoms with Crippen molar-refractivity contribution in [2.75, 3.05) is 37.7 Å². The number of phenolic OH excluding ortho intramolecular Hbond substituents is 1. The molecule has 9 rings (SSSR count). The third kappa shape index (κ3) is 4.63. The van der Waals surface area contributed by atoms with Gasteiger partial charge in [0.1, 0.15) is 42.0 Å². The number of pyridine rings is 1. The molecule has 4 aliphatic rings. The van der Waals surface area contributed by atoms with E-state index < -0.39 is 11.4 Å². The number of hydrogen-bond acceptors (Lipinski definition) is 10. The summed E-state index contributed by atoms with van der Waals surface area (Å²) in [7, 11) is 0. The van der Waals surface area contributed by atoms with Crippen molar-refractivity contribution < 1.29 is 19.3 Å². The zero-order chi connectivity index (χ0) is 31.8. The van der Waals surface area contributed by atoms with Crippen LogP contribution in [0.5, 0.6) is 11.8 Å². The lowest BCUT2D eigenvalue weighted by Crippen LogP contribution is -2.56. The molecule has 1 saturated carbocycles. The summed E-state index contributed by atoms with van der Waals surface area (Å²) < 4.78 is 24.9. The maximum absolute atomic E-state index is 16.8. The first-order chi connectivity index (χ1) is 22.9. The number of benzene rings is 2. The minimum Gasteiger partial charge on any atom is -0.508 e. The molecule has 2 N–H and O–H groups in total. The molecule has 2 bridgehead atoms. The first-order valence-corrected chi connectivity index (χ1v) is 16.7. The standard InChI is InChI=1S/C35H37FN8O3/c36-29-30(27-14-25(45)13-22-5-1-2-6-26(22)27)38-15-28-31(29)40-33(47-19-34-9-3-11-43(34)12-4-10-34)41-32(28)42-16-23-7-8-24(17-42)35(23,46)18-44-21-37-20-39-44/h1-2,5-6,13-15,20-21,23-24,45-46H,3-4,7-12,16-19H2. The van der Waals surface area contributed by atoms with E-state index in [9.17, 15) is 10.2 Å². The maximum Gasteiger partial charge on any atom is 0.319 e. The fourth-order valence-electron chi connectivity index (χ4n) is 9.01. The lowest BCUT2D eigenvalue weighted by atomic mass is 9.80. The molecule has 2 unspecified atom stereocenters. The van der Waals surface area contributed by atoms with Crippen LogP contribution in [0.15, 0.2) is 55.2 Å². The van der Waals surface area contributed by atoms with Crippen molar-refractivity contribution in [1.82, 2.24) is 34.6 Å². The SMILES string of the molecule is Oc1cc(-c2ncc3c(N4CC5CCC(C4)C5(O)Cn4cncn4)nc(OCC45CCCN4CCC5)nc3c2F)c2ccccc2c1. The van der Waals surface area contributed by atoms with E-state index in [1.165, 1.54) is 6.33 Å². The normalized spacial score (nSPS) is 25.2. The van der Waals surface area contributed by atoms with Gasteiger partial charge in [0.2, 0.25) is 0 Å². The van der Waals surface area contributed by atoms with Crippen molar-refractivity contribution in [2.45, 2.75) is 56.2 Å². The molecule has 242 valence electrons. The molecule has 12 heteroatoms. The molecule has 47 heavy (non-hydrogen) atoms. The Morgan fingerprint density at radius 1 is 1.00 bits per heavy atom. The van der Waals surface area contributed by atoms with E-state index in [2.05, 4.69) is 24.9 Å². The first kappa shape index (κ1) is 28.8. The van der Waals surface area contributed by atoms with Crippen molar-refractivity contribution in [3.8, 4) is 23.0 Å². The van der Waals surface area contributed by atoms with E-state index in [0.717, 1.165) is 62.4 Å². The van der Waals surface area contributed by atoms with E-state index in [1.807, 2.05) is 24.3 Å². The summed E-state index contributed by atoms with van der Waals surface area (Å²) >= 11 is 0. The van der Waals surface area contributed by atoms with Crippen LogP contribution in [0.1, 0.15) is 38.5 Å². The highest BCUT2D eigenvalue weighted by molar-refractivity contribution is 5.99. The van der Waals surface area contributed by atoms with Gasteiger partial charge in [0.05, 0.1) is 23.1 Å². The van der Waals surface area contributed by atoms with Crippen LogP contribution in [0.3, 0.4) is 0 Å². The number of nitrogens with zero attached hydrogens (tertiary/aromatic N) is 8. The van der Waals surface area contributed by atoms with Crippen molar-refractivity contribution in [1.29, 1.82) is 0 Å². The summed E-state index contributed by atoms with van der Waals surface area (Å²) in [6.07, 6.45) is 10.9. The molecule has 4 fully saturated rings. The van der Waals surface area contributed by atoms with Crippen molar-refractivity contribution in [3.63, 3.8) is 0 Å². The van der Waals surface area contributed by atoms with Crippen molar-refractivity contribution in [2.24, 2.45) is 11.8 Å². The molecule has 1 aliphatic carbocycles. The zero-order valence-corrected chi connectivity index (χ0v) is 26.1. The predicted octanol–water partition coefficient (Wildman–Crippen LogP) is 4.57. The lowest BCUT2D eigenvalue weighted by Gasteiger charge is -2.44. The second-order valence-corrected chi connectivity index (χ2v) is 13.9. The van der Waals surface area contributed by atoms with Crippen molar-refractivity contribution >= 4 is 27.5 Å². The van der Waals surface area contributed by atoms with E-state index in [-0.39, 0.29) is 40.3 Å². The van der Waals surface area contributed by atoms with Gasteiger partial charge in [-0.1, -0.05) is 24.3 Å². The Bertz CT molecular complexity index is 1960. The predicted molar refractivity (Wildman–Crippen MR) is 174 cm³/mol. The van der Waals surface area contributed by atoms with Crippen LogP contribution in [0.4, 0.5) is 10.2 Å². The average molecular weight is 637 g/mol. The van der Waals surface area contributed by atoms with E-state index in [0.29, 0.717) is 43.0 Å². The van der Waals surface area contributed by atoms with Gasteiger partial charge in [-0.2, -0.15) is 15.1 Å². The molecule has 3 saturated heterocycles. The number of fused-ring (bicyclic) bond motifs is 5. The fourth-order valence-corrected chi connectivity index (χ4v) is 9.01. The number of aliphatic hydroxyl groups is 1. The van der Waals surface area contributed by atoms with Gasteiger partial charge in [-0.05, 0) is 74.5 Å². The highest BCUT2D eigenvalue weighted by Gasteiger charge is 2.54. The summed E-state index contributed by atoms with van der Waals surface area (Å²) in [5.74, 6) is -0.0435. The third-order valence-corrected chi connectivity index (χ3v) is 11.4. The molecule has 0 spiro atoms. The Morgan fingerprint density at radius 3 is 2.55 bits per heavy atom. The molecule has 3 aliphatic heterocycles. The van der Waals surface area contributed by atoms with Crippen LogP contribution in [0.2, 0.25) is 0 Å². The van der Waals surface area contributed by atoms with Crippen LogP contribution in [0.25, 0.3) is 32.9 Å². The number of aromatic hydroxyl groups is 1. The molecule has 0 radical (unpaired) electrons. The number of rotatable bonds is 7. The Hall–Kier alpha value is -4.42. The summed E-state index contributed by atoms with van der Waals surface area (Å²) in [4.78, 5) is 23.0. The molecule has 5 aromatic rings. The summed E-state index contributed by atoms with van der Waals surface area (Å²) in [6.45, 7) is 4.07. The largest absolute Gasteiger partial charge is 0.508 e. The first-order valence-electron chi connectivity index (χ1n) is 16.7. The van der Waals surface area contributed by atoms with Crippen LogP contribution in [-0.2, 0) is 6.54 Å². The Morgan fingerprint density at radius 2 is 1.79 bits per heavy atom. The Balaban J connectivity index is 1.13. The van der Waals surface area contributed by atoms with E-state index >= 15 is 4.39 Å². The van der Waals surface area contributed by atoms with Gasteiger partial charge in [0.15, 0.2) is 5.82 Å². The van der Waals surface area contributed by atoms with Crippen LogP contribution >= 0.6 is 0 Å². The van der Waals surface area contributed by atoms with Gasteiger partial charge in [-0.25, -0.2) is 9.37 Å². The second kappa shape index (κ2) is 10.8. The topological polar surface area (TPSA) is 126 Å². The second-order valence-electron chi connectivity index (χ2n) is 13.9. The number of phenols is 1. The van der Waals surface area contributed by atoms with Gasteiger partial charge >= 0.3 is 6.01 Å². The molecule has 2 aromatic carbocycles. The van der Waals surface area contributed by atoms with Crippen LogP contribution < -0.4 is 9.64 Å². The van der Waals surface area contributed by atoms with Gasteiger partial charge in [-0.3, -0.25) is 14.6 Å². The molecule has 6 heterocycles. The molecule has 11 nitrogen and oxygen atoms in total. The van der Waals surface area contributed by atoms with E-state index in [1.54, 1.807) is 29.3 Å². The number of halogens is 1. The molecule has 3 aromatic heterocycles. The van der Waals surface area contributed by atoms with Gasteiger partial charge in [0.25, 0.3) is 0 Å². The van der Waals surface area contributed by atoms with Crippen molar-refractivity contribution in [3.05, 3.63) is 61.1 Å². The van der Waals surface area contributed by atoms with Gasteiger partial charge in [-0.15, -0.1) is 0 Å². The number of ether oxygens (including phenoxy) is 1. The minimum atomic E-state index is -0.924. The molecular weight excluding hydrogens is 599 g/mol. The smallest absolute Gasteiger partial charge is 0.319 e.